The smallest absolute Gasteiger partial charge is 0.169 e. The van der Waals surface area contributed by atoms with Gasteiger partial charge in [-0.05, 0) is 36.8 Å². The van der Waals surface area contributed by atoms with E-state index in [0.717, 1.165) is 29.4 Å². The molecule has 1 atom stereocenters. The molecule has 3 heteroatoms. The van der Waals surface area contributed by atoms with Crippen LogP contribution in [0.25, 0.3) is 0 Å². The molecule has 98 valence electrons. The minimum atomic E-state index is 0.242. The molecule has 0 spiro atoms. The van der Waals surface area contributed by atoms with Crippen LogP contribution >= 0.6 is 0 Å². The van der Waals surface area contributed by atoms with Crippen molar-refractivity contribution >= 4 is 0 Å². The van der Waals surface area contributed by atoms with Crippen molar-refractivity contribution in [2.75, 3.05) is 13.2 Å². The summed E-state index contributed by atoms with van der Waals surface area (Å²) in [6.07, 6.45) is 0.242. The Morgan fingerprint density at radius 1 is 1.11 bits per heavy atom. The molecule has 3 rings (SSSR count). The van der Waals surface area contributed by atoms with Crippen molar-refractivity contribution < 1.29 is 14.2 Å². The van der Waals surface area contributed by atoms with Crippen molar-refractivity contribution in [2.45, 2.75) is 13.0 Å². The molecule has 0 N–H and O–H groups in total. The average Bonchev–Trinajstić information content (AvgIpc) is 3.23. The second kappa shape index (κ2) is 5.33. The van der Waals surface area contributed by atoms with Gasteiger partial charge in [0.2, 0.25) is 0 Å². The van der Waals surface area contributed by atoms with E-state index in [1.807, 2.05) is 55.5 Å². The lowest BCUT2D eigenvalue weighted by molar-refractivity contribution is 0.255. The predicted molar refractivity (Wildman–Crippen MR) is 72.9 cm³/mol. The van der Waals surface area contributed by atoms with Crippen LogP contribution in [0.4, 0.5) is 0 Å². The molecule has 19 heavy (non-hydrogen) atoms. The zero-order chi connectivity index (χ0) is 13.1. The van der Waals surface area contributed by atoms with E-state index in [-0.39, 0.29) is 6.10 Å². The third-order valence-corrected chi connectivity index (χ3v) is 2.90. The highest BCUT2D eigenvalue weighted by Crippen LogP contribution is 2.33. The Labute approximate surface area is 112 Å². The normalized spacial score (nSPS) is 17.0. The van der Waals surface area contributed by atoms with Crippen LogP contribution in [-0.2, 0) is 4.74 Å². The highest BCUT2D eigenvalue weighted by molar-refractivity contribution is 5.45. The summed E-state index contributed by atoms with van der Waals surface area (Å²) in [5.41, 5.74) is 1.14. The summed E-state index contributed by atoms with van der Waals surface area (Å²) in [6.45, 7) is 3.40. The zero-order valence-corrected chi connectivity index (χ0v) is 10.8. The van der Waals surface area contributed by atoms with Crippen LogP contribution in [0.2, 0.25) is 0 Å². The number of para-hydroxylation sites is 1. The molecule has 3 nitrogen and oxygen atoms in total. The van der Waals surface area contributed by atoms with Gasteiger partial charge < -0.3 is 14.2 Å². The van der Waals surface area contributed by atoms with E-state index in [1.54, 1.807) is 0 Å². The van der Waals surface area contributed by atoms with Crippen molar-refractivity contribution in [3.05, 3.63) is 54.1 Å². The van der Waals surface area contributed by atoms with Gasteiger partial charge in [0.05, 0.1) is 6.61 Å². The molecule has 1 fully saturated rings. The maximum Gasteiger partial charge on any atom is 0.169 e. The van der Waals surface area contributed by atoms with E-state index in [2.05, 4.69) is 0 Å². The van der Waals surface area contributed by atoms with Crippen molar-refractivity contribution in [1.82, 2.24) is 0 Å². The van der Waals surface area contributed by atoms with E-state index >= 15 is 0 Å². The minimum Gasteiger partial charge on any atom is -0.487 e. The summed E-state index contributed by atoms with van der Waals surface area (Å²) < 4.78 is 16.8. The van der Waals surface area contributed by atoms with E-state index in [9.17, 15) is 0 Å². The number of benzene rings is 2. The maximum absolute atomic E-state index is 5.88. The Morgan fingerprint density at radius 3 is 2.63 bits per heavy atom. The van der Waals surface area contributed by atoms with Crippen LogP contribution in [0.3, 0.4) is 0 Å². The third kappa shape index (κ3) is 3.26. The fourth-order valence-corrected chi connectivity index (χ4v) is 1.78. The van der Waals surface area contributed by atoms with Crippen molar-refractivity contribution in [3.63, 3.8) is 0 Å². The number of rotatable bonds is 5. The molecule has 0 aliphatic carbocycles. The first-order valence-corrected chi connectivity index (χ1v) is 6.39. The van der Waals surface area contributed by atoms with Crippen LogP contribution in [0, 0.1) is 6.92 Å². The topological polar surface area (TPSA) is 31.0 Å². The minimum absolute atomic E-state index is 0.242. The van der Waals surface area contributed by atoms with E-state index in [0.29, 0.717) is 6.61 Å². The van der Waals surface area contributed by atoms with Crippen LogP contribution in [0.15, 0.2) is 48.5 Å². The molecular formula is C16H16O3. The number of ether oxygens (including phenoxy) is 3. The van der Waals surface area contributed by atoms with Gasteiger partial charge in [-0.15, -0.1) is 0 Å². The van der Waals surface area contributed by atoms with Gasteiger partial charge in [-0.1, -0.05) is 24.3 Å². The van der Waals surface area contributed by atoms with E-state index in [1.165, 1.54) is 0 Å². The number of epoxide rings is 1. The van der Waals surface area contributed by atoms with Gasteiger partial charge >= 0.3 is 0 Å². The molecule has 0 amide bonds. The summed E-state index contributed by atoms with van der Waals surface area (Å²) >= 11 is 0. The summed E-state index contributed by atoms with van der Waals surface area (Å²) in [6, 6.07) is 15.7. The Bertz CT molecular complexity index is 547. The SMILES string of the molecule is Cc1ccc(OC[C@@H]2CO2)c(Oc2ccccc2)c1. The monoisotopic (exact) mass is 256 g/mol. The van der Waals surface area contributed by atoms with E-state index < -0.39 is 0 Å². The first-order chi connectivity index (χ1) is 9.31. The maximum atomic E-state index is 5.88. The standard InChI is InChI=1S/C16H16O3/c1-12-7-8-15(18-11-14-10-17-14)16(9-12)19-13-5-3-2-4-6-13/h2-9,14H,10-11H2,1H3/t14-/m0/s1. The quantitative estimate of drug-likeness (QED) is 0.766. The molecule has 1 aliphatic heterocycles. The first-order valence-electron chi connectivity index (χ1n) is 6.39. The average molecular weight is 256 g/mol. The summed E-state index contributed by atoms with van der Waals surface area (Å²) in [5, 5.41) is 0. The molecule has 2 aromatic carbocycles. The molecule has 0 aromatic heterocycles. The molecule has 0 bridgehead atoms. The largest absolute Gasteiger partial charge is 0.487 e. The summed E-state index contributed by atoms with van der Waals surface area (Å²) in [5.74, 6) is 2.30. The van der Waals surface area contributed by atoms with Gasteiger partial charge in [-0.3, -0.25) is 0 Å². The Kier molecular flexibility index (Phi) is 3.38. The molecule has 0 unspecified atom stereocenters. The molecule has 0 radical (unpaired) electrons. The lowest BCUT2D eigenvalue weighted by atomic mass is 10.2. The Hall–Kier alpha value is -2.00. The molecule has 1 heterocycles. The highest BCUT2D eigenvalue weighted by atomic mass is 16.6. The molecular weight excluding hydrogens is 240 g/mol. The van der Waals surface area contributed by atoms with Crippen LogP contribution in [-0.4, -0.2) is 19.3 Å². The van der Waals surface area contributed by atoms with Crippen LogP contribution < -0.4 is 9.47 Å². The number of hydrogen-bond acceptors (Lipinski definition) is 3. The fraction of sp³-hybridized carbons (Fsp3) is 0.250. The lowest BCUT2D eigenvalue weighted by Crippen LogP contribution is -2.05. The third-order valence-electron chi connectivity index (χ3n) is 2.90. The summed E-state index contributed by atoms with van der Waals surface area (Å²) in [7, 11) is 0. The molecule has 0 saturated carbocycles. The van der Waals surface area contributed by atoms with Crippen molar-refractivity contribution in [3.8, 4) is 17.2 Å². The number of hydrogen-bond donors (Lipinski definition) is 0. The van der Waals surface area contributed by atoms with Crippen LogP contribution in [0.1, 0.15) is 5.56 Å². The zero-order valence-electron chi connectivity index (χ0n) is 10.8. The van der Waals surface area contributed by atoms with Gasteiger partial charge in [0.15, 0.2) is 11.5 Å². The van der Waals surface area contributed by atoms with Crippen molar-refractivity contribution in [1.29, 1.82) is 0 Å². The Morgan fingerprint density at radius 2 is 1.89 bits per heavy atom. The predicted octanol–water partition coefficient (Wildman–Crippen LogP) is 3.56. The highest BCUT2D eigenvalue weighted by Gasteiger charge is 2.23. The molecule has 1 saturated heterocycles. The second-order valence-corrected chi connectivity index (χ2v) is 4.63. The van der Waals surface area contributed by atoms with E-state index in [4.69, 9.17) is 14.2 Å². The van der Waals surface area contributed by atoms with Gasteiger partial charge in [0, 0.05) is 0 Å². The van der Waals surface area contributed by atoms with Crippen molar-refractivity contribution in [2.24, 2.45) is 0 Å². The fourth-order valence-electron chi connectivity index (χ4n) is 1.78. The second-order valence-electron chi connectivity index (χ2n) is 4.63. The van der Waals surface area contributed by atoms with Gasteiger partial charge in [0.25, 0.3) is 0 Å². The van der Waals surface area contributed by atoms with Gasteiger partial charge in [0.1, 0.15) is 18.5 Å². The molecule has 2 aromatic rings. The first kappa shape index (κ1) is 12.1. The Balaban J connectivity index is 1.78. The van der Waals surface area contributed by atoms with Gasteiger partial charge in [-0.2, -0.15) is 0 Å². The van der Waals surface area contributed by atoms with Gasteiger partial charge in [-0.25, -0.2) is 0 Å². The molecule has 1 aliphatic rings. The number of aryl methyl sites for hydroxylation is 1. The summed E-state index contributed by atoms with van der Waals surface area (Å²) in [4.78, 5) is 0. The lowest BCUT2D eigenvalue weighted by Gasteiger charge is -2.12. The van der Waals surface area contributed by atoms with Crippen LogP contribution in [0.5, 0.6) is 17.2 Å².